The first kappa shape index (κ1) is 13.1. The summed E-state index contributed by atoms with van der Waals surface area (Å²) in [7, 11) is 0. The lowest BCUT2D eigenvalue weighted by molar-refractivity contribution is -0.136. The highest BCUT2D eigenvalue weighted by Gasteiger charge is 2.17. The SMILES string of the molecule is CC(C)(C)NC(=O)C(=O)/C=C/c1cccnc1. The van der Waals surface area contributed by atoms with E-state index >= 15 is 0 Å². The number of nitrogens with zero attached hydrogens (tertiary/aromatic N) is 1. The van der Waals surface area contributed by atoms with Gasteiger partial charge in [-0.2, -0.15) is 0 Å². The fraction of sp³-hybridized carbons (Fsp3) is 0.308. The number of amides is 1. The van der Waals surface area contributed by atoms with Gasteiger partial charge in [0.25, 0.3) is 5.91 Å². The molecule has 90 valence electrons. The fourth-order valence-corrected chi connectivity index (χ4v) is 1.12. The molecule has 0 aromatic carbocycles. The van der Waals surface area contributed by atoms with Gasteiger partial charge in [-0.25, -0.2) is 0 Å². The van der Waals surface area contributed by atoms with Crippen LogP contribution < -0.4 is 5.32 Å². The van der Waals surface area contributed by atoms with Gasteiger partial charge in [-0.05, 0) is 44.6 Å². The van der Waals surface area contributed by atoms with Crippen LogP contribution in [0.15, 0.2) is 30.6 Å². The number of rotatable bonds is 3. The molecule has 0 bridgehead atoms. The summed E-state index contributed by atoms with van der Waals surface area (Å²) in [5.41, 5.74) is 0.374. The van der Waals surface area contributed by atoms with Crippen LogP contribution in [0.1, 0.15) is 26.3 Å². The lowest BCUT2D eigenvalue weighted by atomic mass is 10.1. The maximum absolute atomic E-state index is 11.5. The second kappa shape index (κ2) is 5.39. The molecule has 0 aliphatic carbocycles. The van der Waals surface area contributed by atoms with E-state index in [2.05, 4.69) is 10.3 Å². The Hall–Kier alpha value is -1.97. The third-order valence-electron chi connectivity index (χ3n) is 1.82. The van der Waals surface area contributed by atoms with Crippen molar-refractivity contribution in [3.8, 4) is 0 Å². The summed E-state index contributed by atoms with van der Waals surface area (Å²) in [6, 6.07) is 3.57. The van der Waals surface area contributed by atoms with Gasteiger partial charge in [0, 0.05) is 17.9 Å². The molecule has 0 fully saturated rings. The average molecular weight is 232 g/mol. The van der Waals surface area contributed by atoms with Crippen LogP contribution in [0.5, 0.6) is 0 Å². The zero-order valence-corrected chi connectivity index (χ0v) is 10.2. The summed E-state index contributed by atoms with van der Waals surface area (Å²) < 4.78 is 0. The van der Waals surface area contributed by atoms with E-state index in [1.807, 2.05) is 20.8 Å². The molecule has 0 aliphatic heterocycles. The number of carbonyl (C=O) groups excluding carboxylic acids is 2. The average Bonchev–Trinajstić information content (AvgIpc) is 2.25. The van der Waals surface area contributed by atoms with Crippen LogP contribution in [0.3, 0.4) is 0 Å². The van der Waals surface area contributed by atoms with E-state index in [9.17, 15) is 9.59 Å². The Labute approximate surface area is 101 Å². The number of ketones is 1. The number of hydrogen-bond donors (Lipinski definition) is 1. The molecule has 1 aromatic heterocycles. The third-order valence-corrected chi connectivity index (χ3v) is 1.82. The lowest BCUT2D eigenvalue weighted by Crippen LogP contribution is -2.43. The molecule has 4 nitrogen and oxygen atoms in total. The van der Waals surface area contributed by atoms with Gasteiger partial charge in [0.1, 0.15) is 0 Å². The normalized spacial score (nSPS) is 11.5. The van der Waals surface area contributed by atoms with Crippen molar-refractivity contribution >= 4 is 17.8 Å². The topological polar surface area (TPSA) is 59.1 Å². The number of nitrogens with one attached hydrogen (secondary N) is 1. The van der Waals surface area contributed by atoms with Crippen molar-refractivity contribution in [2.45, 2.75) is 26.3 Å². The molecule has 0 spiro atoms. The van der Waals surface area contributed by atoms with Crippen LogP contribution in [-0.4, -0.2) is 22.2 Å². The van der Waals surface area contributed by atoms with Crippen LogP contribution >= 0.6 is 0 Å². The molecule has 1 amide bonds. The van der Waals surface area contributed by atoms with Crippen molar-refractivity contribution in [1.29, 1.82) is 0 Å². The van der Waals surface area contributed by atoms with Gasteiger partial charge in [-0.15, -0.1) is 0 Å². The first-order valence-electron chi connectivity index (χ1n) is 5.33. The van der Waals surface area contributed by atoms with Crippen molar-refractivity contribution in [2.24, 2.45) is 0 Å². The molecule has 0 atom stereocenters. The first-order valence-corrected chi connectivity index (χ1v) is 5.33. The van der Waals surface area contributed by atoms with Gasteiger partial charge in [-0.3, -0.25) is 14.6 Å². The number of pyridine rings is 1. The Morgan fingerprint density at radius 3 is 2.59 bits per heavy atom. The van der Waals surface area contributed by atoms with Crippen molar-refractivity contribution in [1.82, 2.24) is 10.3 Å². The molecule has 1 N–H and O–H groups in total. The van der Waals surface area contributed by atoms with E-state index in [0.717, 1.165) is 5.56 Å². The third kappa shape index (κ3) is 5.06. The highest BCUT2D eigenvalue weighted by atomic mass is 16.2. The molecular formula is C13H16N2O2. The largest absolute Gasteiger partial charge is 0.345 e. The molecule has 0 radical (unpaired) electrons. The molecule has 0 unspecified atom stereocenters. The summed E-state index contributed by atoms with van der Waals surface area (Å²) in [4.78, 5) is 26.8. The van der Waals surface area contributed by atoms with Crippen LogP contribution in [0, 0.1) is 0 Å². The van der Waals surface area contributed by atoms with Gasteiger partial charge in [-0.1, -0.05) is 6.07 Å². The Kier molecular flexibility index (Phi) is 4.15. The zero-order chi connectivity index (χ0) is 12.9. The molecular weight excluding hydrogens is 216 g/mol. The number of aromatic nitrogens is 1. The predicted octanol–water partition coefficient (Wildman–Crippen LogP) is 1.58. The van der Waals surface area contributed by atoms with Crippen LogP contribution in [0.2, 0.25) is 0 Å². The predicted molar refractivity (Wildman–Crippen MR) is 66.2 cm³/mol. The van der Waals surface area contributed by atoms with E-state index in [4.69, 9.17) is 0 Å². The van der Waals surface area contributed by atoms with E-state index in [1.165, 1.54) is 6.08 Å². The Balaban J connectivity index is 2.61. The summed E-state index contributed by atoms with van der Waals surface area (Å²) in [5.74, 6) is -1.17. The molecule has 17 heavy (non-hydrogen) atoms. The maximum atomic E-state index is 11.5. The highest BCUT2D eigenvalue weighted by molar-refractivity contribution is 6.41. The van der Waals surface area contributed by atoms with Gasteiger partial charge >= 0.3 is 0 Å². The molecule has 4 heteroatoms. The summed E-state index contributed by atoms with van der Waals surface area (Å²) in [6.45, 7) is 5.47. The number of hydrogen-bond acceptors (Lipinski definition) is 3. The minimum absolute atomic E-state index is 0.408. The molecule has 1 rings (SSSR count). The van der Waals surface area contributed by atoms with Gasteiger partial charge in [0.05, 0.1) is 0 Å². The second-order valence-electron chi connectivity index (χ2n) is 4.69. The molecule has 0 saturated carbocycles. The van der Waals surface area contributed by atoms with E-state index < -0.39 is 17.2 Å². The molecule has 1 heterocycles. The fourth-order valence-electron chi connectivity index (χ4n) is 1.12. The van der Waals surface area contributed by atoms with Crippen molar-refractivity contribution in [3.63, 3.8) is 0 Å². The van der Waals surface area contributed by atoms with Gasteiger partial charge in [0.2, 0.25) is 5.78 Å². The zero-order valence-electron chi connectivity index (χ0n) is 10.2. The first-order chi connectivity index (χ1) is 7.88. The van der Waals surface area contributed by atoms with Crippen molar-refractivity contribution < 1.29 is 9.59 Å². The molecule has 1 aromatic rings. The summed E-state index contributed by atoms with van der Waals surface area (Å²) >= 11 is 0. The quantitative estimate of drug-likeness (QED) is 0.635. The highest BCUT2D eigenvalue weighted by Crippen LogP contribution is 2.01. The summed E-state index contributed by atoms with van der Waals surface area (Å²) in [5, 5.41) is 2.60. The Morgan fingerprint density at radius 1 is 1.35 bits per heavy atom. The summed E-state index contributed by atoms with van der Waals surface area (Å²) in [6.07, 6.45) is 6.08. The minimum atomic E-state index is -0.599. The second-order valence-corrected chi connectivity index (χ2v) is 4.69. The monoisotopic (exact) mass is 232 g/mol. The van der Waals surface area contributed by atoms with Gasteiger partial charge in [0.15, 0.2) is 0 Å². The van der Waals surface area contributed by atoms with Crippen LogP contribution in [-0.2, 0) is 9.59 Å². The van der Waals surface area contributed by atoms with Crippen molar-refractivity contribution in [3.05, 3.63) is 36.2 Å². The molecule has 0 aliphatic rings. The van der Waals surface area contributed by atoms with E-state index in [0.29, 0.717) is 0 Å². The van der Waals surface area contributed by atoms with Crippen LogP contribution in [0.4, 0.5) is 0 Å². The molecule has 0 saturated heterocycles. The van der Waals surface area contributed by atoms with E-state index in [1.54, 1.807) is 30.6 Å². The maximum Gasteiger partial charge on any atom is 0.292 e. The standard InChI is InChI=1S/C13H16N2O2/c1-13(2,3)15-12(17)11(16)7-6-10-5-4-8-14-9-10/h4-9H,1-3H3,(H,15,17)/b7-6+. The van der Waals surface area contributed by atoms with E-state index in [-0.39, 0.29) is 0 Å². The Morgan fingerprint density at radius 2 is 2.06 bits per heavy atom. The van der Waals surface area contributed by atoms with Crippen molar-refractivity contribution in [2.75, 3.05) is 0 Å². The lowest BCUT2D eigenvalue weighted by Gasteiger charge is -2.19. The van der Waals surface area contributed by atoms with Crippen LogP contribution in [0.25, 0.3) is 6.08 Å². The smallest absolute Gasteiger partial charge is 0.292 e. The minimum Gasteiger partial charge on any atom is -0.345 e. The number of carbonyl (C=O) groups is 2. The Bertz CT molecular complexity index is 430. The van der Waals surface area contributed by atoms with Gasteiger partial charge < -0.3 is 5.32 Å².